The molecule has 0 bridgehead atoms. The second-order valence-corrected chi connectivity index (χ2v) is 7.12. The molecule has 2 aromatic heterocycles. The van der Waals surface area contributed by atoms with E-state index in [0.29, 0.717) is 13.1 Å². The van der Waals surface area contributed by atoms with E-state index in [9.17, 15) is 4.79 Å². The molecule has 1 aromatic carbocycles. The summed E-state index contributed by atoms with van der Waals surface area (Å²) in [5.74, 6) is -0.321. The van der Waals surface area contributed by atoms with Crippen LogP contribution in [-0.2, 0) is 17.9 Å². The van der Waals surface area contributed by atoms with Gasteiger partial charge in [0.2, 0.25) is 5.91 Å². The second kappa shape index (κ2) is 7.42. The summed E-state index contributed by atoms with van der Waals surface area (Å²) in [7, 11) is 0. The third-order valence-electron chi connectivity index (χ3n) is 3.62. The molecule has 3 aromatic rings. The van der Waals surface area contributed by atoms with Crippen LogP contribution in [0, 0.1) is 6.92 Å². The van der Waals surface area contributed by atoms with Crippen molar-refractivity contribution in [1.29, 1.82) is 0 Å². The van der Waals surface area contributed by atoms with E-state index in [1.54, 1.807) is 11.3 Å². The van der Waals surface area contributed by atoms with Gasteiger partial charge in [-0.1, -0.05) is 18.2 Å². The van der Waals surface area contributed by atoms with Crippen LogP contribution in [0.1, 0.15) is 15.3 Å². The van der Waals surface area contributed by atoms with Crippen molar-refractivity contribution in [2.45, 2.75) is 20.0 Å². The molecule has 0 atom stereocenters. The lowest BCUT2D eigenvalue weighted by Crippen LogP contribution is -2.32. The normalized spacial score (nSPS) is 11.1. The predicted octanol–water partition coefficient (Wildman–Crippen LogP) is 2.73. The fourth-order valence-corrected chi connectivity index (χ4v) is 3.53. The molecule has 2 heterocycles. The van der Waals surface area contributed by atoms with E-state index in [-0.39, 0.29) is 12.5 Å². The number of carbonyl (C=O) groups excluding carboxylic acids is 1. The average molecular weight is 340 g/mol. The summed E-state index contributed by atoms with van der Waals surface area (Å²) in [6.07, 6.45) is 3.82. The average Bonchev–Trinajstić information content (AvgIpc) is 3.17. The first-order chi connectivity index (χ1) is 11.6. The first kappa shape index (κ1) is 16.4. The molecule has 24 heavy (non-hydrogen) atoms. The van der Waals surface area contributed by atoms with Crippen molar-refractivity contribution in [1.82, 2.24) is 14.7 Å². The van der Waals surface area contributed by atoms with Gasteiger partial charge >= 0.3 is 0 Å². The van der Waals surface area contributed by atoms with Crippen LogP contribution in [0.4, 0.5) is 0 Å². The lowest BCUT2D eigenvalue weighted by atomic mass is 10.3. The Hall–Kier alpha value is -2.44. The van der Waals surface area contributed by atoms with Crippen LogP contribution in [0.5, 0.6) is 0 Å². The highest BCUT2D eigenvalue weighted by molar-refractivity contribution is 7.11. The van der Waals surface area contributed by atoms with Crippen molar-refractivity contribution < 1.29 is 4.79 Å². The minimum atomic E-state index is -0.321. The Bertz CT molecular complexity index is 809. The van der Waals surface area contributed by atoms with Gasteiger partial charge in [0.25, 0.3) is 0 Å². The molecule has 2 N–H and O–H groups in total. The minimum absolute atomic E-state index is 0.230. The molecule has 0 spiro atoms. The van der Waals surface area contributed by atoms with E-state index >= 15 is 0 Å². The number of benzene rings is 1. The van der Waals surface area contributed by atoms with Gasteiger partial charge in [0.1, 0.15) is 0 Å². The van der Waals surface area contributed by atoms with Crippen molar-refractivity contribution in [3.05, 3.63) is 70.2 Å². The molecule has 0 saturated heterocycles. The highest BCUT2D eigenvalue weighted by atomic mass is 32.1. The van der Waals surface area contributed by atoms with Crippen LogP contribution in [0.3, 0.4) is 0 Å². The first-order valence-electron chi connectivity index (χ1n) is 7.75. The number of rotatable bonds is 7. The SMILES string of the molecule is Cc1ccc(CN(CC(N)=O)Cc2cnn(-c3ccccc3)c2)s1. The zero-order valence-corrected chi connectivity index (χ0v) is 14.4. The summed E-state index contributed by atoms with van der Waals surface area (Å²) >= 11 is 1.74. The molecule has 0 fully saturated rings. The molecule has 0 radical (unpaired) electrons. The number of nitrogens with two attached hydrogens (primary N) is 1. The van der Waals surface area contributed by atoms with Crippen molar-refractivity contribution in [2.75, 3.05) is 6.54 Å². The third kappa shape index (κ3) is 4.31. The van der Waals surface area contributed by atoms with Gasteiger partial charge in [-0.2, -0.15) is 5.10 Å². The molecule has 0 aliphatic heterocycles. The standard InChI is InChI=1S/C18H20N4OS/c1-14-7-8-17(24-14)12-21(13-18(19)23)10-15-9-20-22(11-15)16-5-3-2-4-6-16/h2-9,11H,10,12-13H2,1H3,(H2,19,23). The molecule has 0 unspecified atom stereocenters. The summed E-state index contributed by atoms with van der Waals surface area (Å²) in [5.41, 5.74) is 7.47. The van der Waals surface area contributed by atoms with E-state index in [0.717, 1.165) is 11.3 Å². The molecule has 0 saturated carbocycles. The highest BCUT2D eigenvalue weighted by Gasteiger charge is 2.12. The Morgan fingerprint density at radius 3 is 2.67 bits per heavy atom. The Kier molecular flexibility index (Phi) is 5.08. The van der Waals surface area contributed by atoms with E-state index in [2.05, 4.69) is 24.2 Å². The van der Waals surface area contributed by atoms with E-state index in [1.165, 1.54) is 9.75 Å². The van der Waals surface area contributed by atoms with Gasteiger partial charge < -0.3 is 5.73 Å². The summed E-state index contributed by atoms with van der Waals surface area (Å²) in [6, 6.07) is 14.1. The number of aromatic nitrogens is 2. The molecule has 1 amide bonds. The van der Waals surface area contributed by atoms with Crippen LogP contribution in [0.2, 0.25) is 0 Å². The van der Waals surface area contributed by atoms with Crippen LogP contribution in [0.25, 0.3) is 5.69 Å². The molecule has 5 nitrogen and oxygen atoms in total. The summed E-state index contributed by atoms with van der Waals surface area (Å²) in [6.45, 7) is 3.65. The van der Waals surface area contributed by atoms with Gasteiger partial charge in [-0.05, 0) is 31.2 Å². The predicted molar refractivity (Wildman–Crippen MR) is 95.9 cm³/mol. The topological polar surface area (TPSA) is 64.2 Å². The third-order valence-corrected chi connectivity index (χ3v) is 4.60. The number of hydrogen-bond acceptors (Lipinski definition) is 4. The summed E-state index contributed by atoms with van der Waals surface area (Å²) in [5, 5.41) is 4.41. The number of nitrogens with zero attached hydrogens (tertiary/aromatic N) is 3. The maximum Gasteiger partial charge on any atom is 0.231 e. The number of carbonyl (C=O) groups is 1. The Morgan fingerprint density at radius 1 is 1.21 bits per heavy atom. The van der Waals surface area contributed by atoms with Crippen molar-refractivity contribution >= 4 is 17.2 Å². The number of para-hydroxylation sites is 1. The zero-order chi connectivity index (χ0) is 16.9. The van der Waals surface area contributed by atoms with E-state index in [1.807, 2.05) is 52.3 Å². The molecule has 124 valence electrons. The lowest BCUT2D eigenvalue weighted by Gasteiger charge is -2.19. The molecule has 0 aliphatic carbocycles. The molecule has 0 aliphatic rings. The Morgan fingerprint density at radius 2 is 2.00 bits per heavy atom. The summed E-state index contributed by atoms with van der Waals surface area (Å²) in [4.78, 5) is 15.9. The summed E-state index contributed by atoms with van der Waals surface area (Å²) < 4.78 is 1.84. The highest BCUT2D eigenvalue weighted by Crippen LogP contribution is 2.18. The molecule has 6 heteroatoms. The van der Waals surface area contributed by atoms with Crippen molar-refractivity contribution in [3.8, 4) is 5.69 Å². The van der Waals surface area contributed by atoms with Gasteiger partial charge in [-0.3, -0.25) is 9.69 Å². The van der Waals surface area contributed by atoms with Crippen LogP contribution >= 0.6 is 11.3 Å². The first-order valence-corrected chi connectivity index (χ1v) is 8.57. The number of hydrogen-bond donors (Lipinski definition) is 1. The van der Waals surface area contributed by atoms with Gasteiger partial charge in [0.05, 0.1) is 18.4 Å². The lowest BCUT2D eigenvalue weighted by molar-refractivity contribution is -0.119. The quantitative estimate of drug-likeness (QED) is 0.719. The van der Waals surface area contributed by atoms with E-state index < -0.39 is 0 Å². The van der Waals surface area contributed by atoms with E-state index in [4.69, 9.17) is 5.73 Å². The second-order valence-electron chi connectivity index (χ2n) is 5.75. The smallest absolute Gasteiger partial charge is 0.231 e. The zero-order valence-electron chi connectivity index (χ0n) is 13.6. The molecular formula is C18H20N4OS. The molecule has 3 rings (SSSR count). The number of primary amides is 1. The number of amides is 1. The van der Waals surface area contributed by atoms with Crippen LogP contribution in [-0.4, -0.2) is 27.1 Å². The fraction of sp³-hybridized carbons (Fsp3) is 0.222. The van der Waals surface area contributed by atoms with Crippen molar-refractivity contribution in [3.63, 3.8) is 0 Å². The van der Waals surface area contributed by atoms with Gasteiger partial charge in [-0.25, -0.2) is 4.68 Å². The fourth-order valence-electron chi connectivity index (χ4n) is 2.60. The van der Waals surface area contributed by atoms with Crippen LogP contribution < -0.4 is 5.73 Å². The van der Waals surface area contributed by atoms with Gasteiger partial charge in [0, 0.05) is 34.6 Å². The van der Waals surface area contributed by atoms with Crippen LogP contribution in [0.15, 0.2) is 54.9 Å². The van der Waals surface area contributed by atoms with Crippen molar-refractivity contribution in [2.24, 2.45) is 5.73 Å². The largest absolute Gasteiger partial charge is 0.369 e. The monoisotopic (exact) mass is 340 g/mol. The maximum atomic E-state index is 11.4. The number of aryl methyl sites for hydroxylation is 1. The Labute approximate surface area is 145 Å². The molecular weight excluding hydrogens is 320 g/mol. The maximum absolute atomic E-state index is 11.4. The number of thiophene rings is 1. The van der Waals surface area contributed by atoms with Gasteiger partial charge in [-0.15, -0.1) is 11.3 Å². The minimum Gasteiger partial charge on any atom is -0.369 e. The van der Waals surface area contributed by atoms with Gasteiger partial charge in [0.15, 0.2) is 0 Å². The Balaban J connectivity index is 1.72.